The molecule has 7 heteroatoms. The molecule has 1 aromatic carbocycles. The maximum Gasteiger partial charge on any atom is 0.274 e. The van der Waals surface area contributed by atoms with Crippen molar-refractivity contribution in [1.82, 2.24) is 9.88 Å². The third-order valence-electron chi connectivity index (χ3n) is 2.91. The first-order chi connectivity index (χ1) is 10.0. The van der Waals surface area contributed by atoms with Gasteiger partial charge in [0.1, 0.15) is 11.5 Å². The van der Waals surface area contributed by atoms with E-state index in [4.69, 9.17) is 29.0 Å². The van der Waals surface area contributed by atoms with E-state index in [0.29, 0.717) is 17.4 Å². The van der Waals surface area contributed by atoms with E-state index in [0.717, 1.165) is 5.56 Å². The number of amides is 1. The fourth-order valence-corrected chi connectivity index (χ4v) is 2.19. The van der Waals surface area contributed by atoms with Crippen LogP contribution in [0.15, 0.2) is 36.4 Å². The molecule has 1 amide bonds. The minimum absolute atomic E-state index is 0.140. The molecule has 0 radical (unpaired) electrons. The number of nitrogens with zero attached hydrogens (tertiary/aromatic N) is 2. The van der Waals surface area contributed by atoms with Crippen molar-refractivity contribution in [2.75, 3.05) is 12.5 Å². The van der Waals surface area contributed by atoms with E-state index in [1.54, 1.807) is 25.2 Å². The number of hydrogen-bond donors (Lipinski definition) is 2. The summed E-state index contributed by atoms with van der Waals surface area (Å²) >= 11 is 12.1. The van der Waals surface area contributed by atoms with Crippen molar-refractivity contribution in [1.29, 1.82) is 0 Å². The van der Waals surface area contributed by atoms with Gasteiger partial charge in [0.25, 0.3) is 5.91 Å². The molecule has 0 aliphatic rings. The van der Waals surface area contributed by atoms with Crippen LogP contribution < -0.4 is 11.3 Å². The Kier molecular flexibility index (Phi) is 5.01. The molecule has 0 atom stereocenters. The minimum Gasteiger partial charge on any atom is -0.336 e. The number of hydrazine groups is 1. The molecule has 21 heavy (non-hydrogen) atoms. The molecule has 110 valence electrons. The highest BCUT2D eigenvalue weighted by Crippen LogP contribution is 2.20. The van der Waals surface area contributed by atoms with Crippen molar-refractivity contribution in [3.05, 3.63) is 57.7 Å². The average Bonchev–Trinajstić information content (AvgIpc) is 2.49. The molecule has 0 aliphatic carbocycles. The van der Waals surface area contributed by atoms with Gasteiger partial charge in [-0.05, 0) is 23.8 Å². The number of carbonyl (C=O) groups excluding carboxylic acids is 1. The Morgan fingerprint density at radius 2 is 1.95 bits per heavy atom. The Morgan fingerprint density at radius 1 is 1.24 bits per heavy atom. The first-order valence-corrected chi connectivity index (χ1v) is 6.90. The smallest absolute Gasteiger partial charge is 0.274 e. The molecule has 2 rings (SSSR count). The van der Waals surface area contributed by atoms with Crippen molar-refractivity contribution < 1.29 is 4.79 Å². The third kappa shape index (κ3) is 3.64. The van der Waals surface area contributed by atoms with E-state index in [1.807, 2.05) is 18.2 Å². The summed E-state index contributed by atoms with van der Waals surface area (Å²) in [5.74, 6) is 5.35. The minimum atomic E-state index is -0.308. The van der Waals surface area contributed by atoms with Crippen molar-refractivity contribution in [2.24, 2.45) is 5.84 Å². The summed E-state index contributed by atoms with van der Waals surface area (Å²) in [6, 6.07) is 10.5. The monoisotopic (exact) mass is 324 g/mol. The van der Waals surface area contributed by atoms with E-state index < -0.39 is 0 Å². The van der Waals surface area contributed by atoms with Gasteiger partial charge in [0.2, 0.25) is 0 Å². The highest BCUT2D eigenvalue weighted by molar-refractivity contribution is 6.33. The van der Waals surface area contributed by atoms with E-state index in [-0.39, 0.29) is 16.6 Å². The maximum atomic E-state index is 12.4. The van der Waals surface area contributed by atoms with Crippen LogP contribution in [0.25, 0.3) is 0 Å². The van der Waals surface area contributed by atoms with Crippen LogP contribution in [0.4, 0.5) is 5.82 Å². The fraction of sp³-hybridized carbons (Fsp3) is 0.143. The lowest BCUT2D eigenvalue weighted by Crippen LogP contribution is -2.28. The normalized spacial score (nSPS) is 10.3. The number of nitrogens with two attached hydrogens (primary N) is 1. The van der Waals surface area contributed by atoms with Gasteiger partial charge in [0.15, 0.2) is 0 Å². The average molecular weight is 325 g/mol. The van der Waals surface area contributed by atoms with Gasteiger partial charge in [0, 0.05) is 18.6 Å². The molecule has 5 nitrogen and oxygen atoms in total. The number of pyridine rings is 1. The summed E-state index contributed by atoms with van der Waals surface area (Å²) in [5, 5.41) is 0.874. The summed E-state index contributed by atoms with van der Waals surface area (Å²) in [6.45, 7) is 0.358. The van der Waals surface area contributed by atoms with Gasteiger partial charge in [-0.2, -0.15) is 0 Å². The molecule has 3 N–H and O–H groups in total. The SMILES string of the molecule is CN(Cc1ccccc1Cl)C(=O)c1nc(NN)ccc1Cl. The molecule has 0 saturated heterocycles. The number of benzene rings is 1. The zero-order valence-electron chi connectivity index (χ0n) is 11.3. The zero-order valence-corrected chi connectivity index (χ0v) is 12.8. The number of nitrogen functional groups attached to an aromatic ring is 1. The molecular formula is C14H14Cl2N4O. The number of rotatable bonds is 4. The first kappa shape index (κ1) is 15.6. The Hall–Kier alpha value is -1.82. The molecule has 0 fully saturated rings. The molecular weight excluding hydrogens is 311 g/mol. The van der Waals surface area contributed by atoms with Crippen LogP contribution in [0.5, 0.6) is 0 Å². The number of hydrogen-bond acceptors (Lipinski definition) is 4. The van der Waals surface area contributed by atoms with E-state index in [2.05, 4.69) is 10.4 Å². The lowest BCUT2D eigenvalue weighted by atomic mass is 10.2. The lowest BCUT2D eigenvalue weighted by Gasteiger charge is -2.18. The van der Waals surface area contributed by atoms with Crippen molar-refractivity contribution in [3.63, 3.8) is 0 Å². The molecule has 0 unspecified atom stereocenters. The quantitative estimate of drug-likeness (QED) is 0.670. The van der Waals surface area contributed by atoms with Crippen molar-refractivity contribution in [3.8, 4) is 0 Å². The standard InChI is InChI=1S/C14H14Cl2N4O/c1-20(8-9-4-2-3-5-10(9)15)14(21)13-11(16)6-7-12(18-13)19-17/h2-7H,8,17H2,1H3,(H,18,19). The second kappa shape index (κ2) is 6.76. The number of carbonyl (C=O) groups is 1. The summed E-state index contributed by atoms with van der Waals surface area (Å²) in [6.07, 6.45) is 0. The summed E-state index contributed by atoms with van der Waals surface area (Å²) in [7, 11) is 1.66. The molecule has 0 spiro atoms. The highest BCUT2D eigenvalue weighted by Gasteiger charge is 2.18. The van der Waals surface area contributed by atoms with Gasteiger partial charge in [-0.25, -0.2) is 10.8 Å². The Labute approximate surface area is 132 Å². The maximum absolute atomic E-state index is 12.4. The molecule has 1 aromatic heterocycles. The van der Waals surface area contributed by atoms with E-state index in [1.165, 1.54) is 4.90 Å². The lowest BCUT2D eigenvalue weighted by molar-refractivity contribution is 0.0779. The third-order valence-corrected chi connectivity index (χ3v) is 3.58. The van der Waals surface area contributed by atoms with Gasteiger partial charge in [-0.3, -0.25) is 4.79 Å². The van der Waals surface area contributed by atoms with E-state index in [9.17, 15) is 4.79 Å². The number of aromatic nitrogens is 1. The second-order valence-electron chi connectivity index (χ2n) is 4.42. The Balaban J connectivity index is 2.22. The summed E-state index contributed by atoms with van der Waals surface area (Å²) < 4.78 is 0. The van der Waals surface area contributed by atoms with Crippen LogP contribution in [0.2, 0.25) is 10.0 Å². The van der Waals surface area contributed by atoms with Gasteiger partial charge in [0.05, 0.1) is 5.02 Å². The topological polar surface area (TPSA) is 71.2 Å². The Bertz CT molecular complexity index is 663. The second-order valence-corrected chi connectivity index (χ2v) is 5.24. The van der Waals surface area contributed by atoms with Crippen molar-refractivity contribution in [2.45, 2.75) is 6.54 Å². The van der Waals surface area contributed by atoms with E-state index >= 15 is 0 Å². The molecule has 0 saturated carbocycles. The van der Waals surface area contributed by atoms with Gasteiger partial charge in [-0.15, -0.1) is 0 Å². The van der Waals surface area contributed by atoms with Gasteiger partial charge < -0.3 is 10.3 Å². The first-order valence-electron chi connectivity index (χ1n) is 6.15. The van der Waals surface area contributed by atoms with Crippen molar-refractivity contribution >= 4 is 34.9 Å². The molecule has 0 bridgehead atoms. The Morgan fingerprint density at radius 3 is 2.62 bits per heavy atom. The predicted molar refractivity (Wildman–Crippen MR) is 84.3 cm³/mol. The van der Waals surface area contributed by atoms with Crippen LogP contribution in [-0.4, -0.2) is 22.8 Å². The van der Waals surface area contributed by atoms with Gasteiger partial charge in [-0.1, -0.05) is 41.4 Å². The summed E-state index contributed by atoms with van der Waals surface area (Å²) in [4.78, 5) is 18.0. The molecule has 0 aliphatic heterocycles. The van der Waals surface area contributed by atoms with Crippen LogP contribution in [-0.2, 0) is 6.54 Å². The van der Waals surface area contributed by atoms with Crippen LogP contribution in [0.1, 0.15) is 16.1 Å². The highest BCUT2D eigenvalue weighted by atomic mass is 35.5. The van der Waals surface area contributed by atoms with Crippen LogP contribution in [0.3, 0.4) is 0 Å². The summed E-state index contributed by atoms with van der Waals surface area (Å²) in [5.41, 5.74) is 3.37. The number of anilines is 1. The van der Waals surface area contributed by atoms with Crippen LogP contribution in [0, 0.1) is 0 Å². The largest absolute Gasteiger partial charge is 0.336 e. The zero-order chi connectivity index (χ0) is 15.4. The number of halogens is 2. The molecule has 2 aromatic rings. The molecule has 1 heterocycles. The fourth-order valence-electron chi connectivity index (χ4n) is 1.81. The predicted octanol–water partition coefficient (Wildman–Crippen LogP) is 2.95. The van der Waals surface area contributed by atoms with Gasteiger partial charge >= 0.3 is 0 Å². The van der Waals surface area contributed by atoms with Crippen LogP contribution >= 0.6 is 23.2 Å². The number of nitrogens with one attached hydrogen (secondary N) is 1.